The Bertz CT molecular complexity index is 271. The Hall–Kier alpha value is -0.580. The van der Waals surface area contributed by atoms with Crippen LogP contribution in [-0.4, -0.2) is 5.97 Å². The molecule has 3 heteroatoms. The van der Waals surface area contributed by atoms with E-state index in [1.807, 2.05) is 18.2 Å². The molecule has 0 atom stereocenters. The van der Waals surface area contributed by atoms with E-state index < -0.39 is 5.97 Å². The number of rotatable bonds is 2. The van der Waals surface area contributed by atoms with Gasteiger partial charge >= 0.3 is 0 Å². The van der Waals surface area contributed by atoms with E-state index >= 15 is 0 Å². The van der Waals surface area contributed by atoms with Gasteiger partial charge in [-0.1, -0.05) is 18.2 Å². The standard InChI is InChI=1S/C8H7IO2/c9-7-4-2-1-3-6(7)5-8(10)11/h1-4H,5H2,(H,10,11)/p-1. The van der Waals surface area contributed by atoms with Crippen molar-refractivity contribution in [3.63, 3.8) is 0 Å². The Morgan fingerprint density at radius 1 is 1.45 bits per heavy atom. The predicted molar refractivity (Wildman–Crippen MR) is 47.9 cm³/mol. The van der Waals surface area contributed by atoms with Crippen LogP contribution in [0.15, 0.2) is 24.3 Å². The molecule has 0 saturated heterocycles. The monoisotopic (exact) mass is 261 g/mol. The number of hydrogen-bond acceptors (Lipinski definition) is 2. The van der Waals surface area contributed by atoms with Crippen LogP contribution in [0, 0.1) is 3.57 Å². The second-order valence-corrected chi connectivity index (χ2v) is 3.30. The van der Waals surface area contributed by atoms with Crippen molar-refractivity contribution in [2.45, 2.75) is 6.42 Å². The highest BCUT2D eigenvalue weighted by Gasteiger charge is 1.96. The molecular weight excluding hydrogens is 255 g/mol. The van der Waals surface area contributed by atoms with Gasteiger partial charge in [0.1, 0.15) is 0 Å². The highest BCUT2D eigenvalue weighted by molar-refractivity contribution is 14.1. The quantitative estimate of drug-likeness (QED) is 0.731. The molecule has 2 nitrogen and oxygen atoms in total. The third-order valence-corrected chi connectivity index (χ3v) is 2.35. The molecule has 0 N–H and O–H groups in total. The van der Waals surface area contributed by atoms with Crippen LogP contribution in [0.3, 0.4) is 0 Å². The lowest BCUT2D eigenvalue weighted by molar-refractivity contribution is -0.304. The van der Waals surface area contributed by atoms with Gasteiger partial charge in [0, 0.05) is 16.0 Å². The molecule has 0 aromatic heterocycles. The van der Waals surface area contributed by atoms with E-state index in [1.54, 1.807) is 6.07 Å². The summed E-state index contributed by atoms with van der Waals surface area (Å²) in [5.41, 5.74) is 0.813. The van der Waals surface area contributed by atoms with E-state index in [0.29, 0.717) is 0 Å². The van der Waals surface area contributed by atoms with Crippen molar-refractivity contribution in [1.82, 2.24) is 0 Å². The predicted octanol–water partition coefficient (Wildman–Crippen LogP) is 0.584. The normalized spacial score (nSPS) is 9.55. The van der Waals surface area contributed by atoms with Crippen LogP contribution >= 0.6 is 22.6 Å². The molecule has 0 fully saturated rings. The molecule has 1 aromatic carbocycles. The van der Waals surface area contributed by atoms with Gasteiger partial charge in [0.05, 0.1) is 0 Å². The molecule has 0 heterocycles. The molecule has 0 amide bonds. The fourth-order valence-electron chi connectivity index (χ4n) is 0.797. The van der Waals surface area contributed by atoms with Crippen LogP contribution in [-0.2, 0) is 11.2 Å². The molecule has 0 aliphatic carbocycles. The first kappa shape index (κ1) is 8.52. The van der Waals surface area contributed by atoms with Gasteiger partial charge in [-0.05, 0) is 34.2 Å². The summed E-state index contributed by atoms with van der Waals surface area (Å²) in [7, 11) is 0. The maximum atomic E-state index is 10.2. The highest BCUT2D eigenvalue weighted by atomic mass is 127. The SMILES string of the molecule is O=C([O-])Cc1ccccc1I. The van der Waals surface area contributed by atoms with Gasteiger partial charge in [-0.15, -0.1) is 0 Å². The minimum Gasteiger partial charge on any atom is -0.550 e. The smallest absolute Gasteiger partial charge is 0.0458 e. The molecule has 0 aliphatic rings. The Morgan fingerprint density at radius 3 is 2.64 bits per heavy atom. The van der Waals surface area contributed by atoms with Gasteiger partial charge in [0.15, 0.2) is 0 Å². The molecule has 1 rings (SSSR count). The summed E-state index contributed by atoms with van der Waals surface area (Å²) >= 11 is 2.10. The molecule has 0 saturated carbocycles. The number of carbonyl (C=O) groups is 1. The van der Waals surface area contributed by atoms with E-state index in [4.69, 9.17) is 0 Å². The second kappa shape index (κ2) is 3.71. The fraction of sp³-hybridized carbons (Fsp3) is 0.125. The van der Waals surface area contributed by atoms with Crippen molar-refractivity contribution in [3.8, 4) is 0 Å². The lowest BCUT2D eigenvalue weighted by Crippen LogP contribution is -2.24. The van der Waals surface area contributed by atoms with E-state index in [-0.39, 0.29) is 6.42 Å². The number of aliphatic carboxylic acids is 1. The molecule has 0 radical (unpaired) electrons. The minimum atomic E-state index is -1.03. The van der Waals surface area contributed by atoms with Crippen LogP contribution in [0.25, 0.3) is 0 Å². The lowest BCUT2D eigenvalue weighted by atomic mass is 10.2. The van der Waals surface area contributed by atoms with E-state index in [1.165, 1.54) is 0 Å². The first-order chi connectivity index (χ1) is 5.20. The molecule has 0 unspecified atom stereocenters. The van der Waals surface area contributed by atoms with Crippen molar-refractivity contribution in [2.24, 2.45) is 0 Å². The van der Waals surface area contributed by atoms with Gasteiger partial charge in [0.2, 0.25) is 0 Å². The molecule has 58 valence electrons. The van der Waals surface area contributed by atoms with Gasteiger partial charge in [-0.2, -0.15) is 0 Å². The highest BCUT2D eigenvalue weighted by Crippen LogP contribution is 2.11. The van der Waals surface area contributed by atoms with Gasteiger partial charge in [0.25, 0.3) is 0 Å². The summed E-state index contributed by atoms with van der Waals surface area (Å²) in [6.07, 6.45) is -0.000880. The van der Waals surface area contributed by atoms with Crippen LogP contribution in [0.5, 0.6) is 0 Å². The van der Waals surface area contributed by atoms with Crippen molar-refractivity contribution in [2.75, 3.05) is 0 Å². The topological polar surface area (TPSA) is 40.1 Å². The Labute approximate surface area is 78.4 Å². The van der Waals surface area contributed by atoms with Gasteiger partial charge < -0.3 is 9.90 Å². The molecule has 1 aromatic rings. The Kier molecular flexibility index (Phi) is 2.87. The van der Waals surface area contributed by atoms with E-state index in [2.05, 4.69) is 22.6 Å². The second-order valence-electron chi connectivity index (χ2n) is 2.14. The van der Waals surface area contributed by atoms with Crippen LogP contribution in [0.1, 0.15) is 5.56 Å². The largest absolute Gasteiger partial charge is 0.550 e. The van der Waals surface area contributed by atoms with E-state index in [0.717, 1.165) is 9.13 Å². The average Bonchev–Trinajstić information content (AvgIpc) is 1.93. The number of halogens is 1. The minimum absolute atomic E-state index is 0.000880. The van der Waals surface area contributed by atoms with Crippen LogP contribution < -0.4 is 5.11 Å². The number of carboxylic acid groups (broad SMARTS) is 1. The summed E-state index contributed by atoms with van der Waals surface area (Å²) in [6, 6.07) is 7.36. The van der Waals surface area contributed by atoms with Crippen LogP contribution in [0.2, 0.25) is 0 Å². The average molecular weight is 261 g/mol. The zero-order valence-corrected chi connectivity index (χ0v) is 7.87. The van der Waals surface area contributed by atoms with Crippen molar-refractivity contribution < 1.29 is 9.90 Å². The Balaban J connectivity index is 2.86. The first-order valence-corrected chi connectivity index (χ1v) is 4.21. The van der Waals surface area contributed by atoms with Crippen molar-refractivity contribution >= 4 is 28.6 Å². The van der Waals surface area contributed by atoms with Crippen molar-refractivity contribution in [3.05, 3.63) is 33.4 Å². The first-order valence-electron chi connectivity index (χ1n) is 3.13. The van der Waals surface area contributed by atoms with Crippen LogP contribution in [0.4, 0.5) is 0 Å². The number of carboxylic acids is 1. The molecule has 0 aliphatic heterocycles. The van der Waals surface area contributed by atoms with Crippen molar-refractivity contribution in [1.29, 1.82) is 0 Å². The molecule has 0 bridgehead atoms. The third kappa shape index (κ3) is 2.49. The summed E-state index contributed by atoms with van der Waals surface area (Å²) < 4.78 is 0.967. The summed E-state index contributed by atoms with van der Waals surface area (Å²) in [5.74, 6) is -1.03. The maximum Gasteiger partial charge on any atom is 0.0458 e. The summed E-state index contributed by atoms with van der Waals surface area (Å²) in [6.45, 7) is 0. The van der Waals surface area contributed by atoms with E-state index in [9.17, 15) is 9.90 Å². The number of carbonyl (C=O) groups excluding carboxylic acids is 1. The lowest BCUT2D eigenvalue weighted by Gasteiger charge is -2.03. The zero-order valence-electron chi connectivity index (χ0n) is 5.71. The van der Waals surface area contributed by atoms with Gasteiger partial charge in [-0.25, -0.2) is 0 Å². The Morgan fingerprint density at radius 2 is 2.09 bits per heavy atom. The third-order valence-electron chi connectivity index (χ3n) is 1.29. The molecule has 0 spiro atoms. The fourth-order valence-corrected chi connectivity index (χ4v) is 1.38. The number of benzene rings is 1. The summed E-state index contributed by atoms with van der Waals surface area (Å²) in [5, 5.41) is 10.2. The summed E-state index contributed by atoms with van der Waals surface area (Å²) in [4.78, 5) is 10.2. The number of hydrogen-bond donors (Lipinski definition) is 0. The molecular formula is C8H6IO2-. The maximum absolute atomic E-state index is 10.2. The van der Waals surface area contributed by atoms with Gasteiger partial charge in [-0.3, -0.25) is 0 Å². The molecule has 11 heavy (non-hydrogen) atoms. The zero-order chi connectivity index (χ0) is 8.27.